The van der Waals surface area contributed by atoms with E-state index in [1.165, 1.54) is 0 Å². The van der Waals surface area contributed by atoms with E-state index in [-0.39, 0.29) is 0 Å². The second-order valence-corrected chi connectivity index (χ2v) is 9.51. The molecule has 9 aromatic rings. The molecule has 0 aliphatic carbocycles. The van der Waals surface area contributed by atoms with Gasteiger partial charge in [-0.05, 0) is 78.1 Å². The van der Waals surface area contributed by atoms with Crippen LogP contribution in [0.25, 0.3) is 88.0 Å². The number of rotatable bonds is 4. The first-order chi connectivity index (χ1) is 34.0. The third kappa shape index (κ3) is 4.17. The minimum Gasteiger partial charge on any atom is -0.456 e. The summed E-state index contributed by atoms with van der Waals surface area (Å²) >= 11 is 0. The van der Waals surface area contributed by atoms with Crippen molar-refractivity contribution in [1.82, 2.24) is 0 Å². The molecule has 210 valence electrons. The first-order valence-electron chi connectivity index (χ1n) is 27.2. The lowest BCUT2D eigenvalue weighted by Crippen LogP contribution is -1.91. The molecule has 0 amide bonds. The van der Waals surface area contributed by atoms with Gasteiger partial charge in [0.1, 0.15) is 11.2 Å². The Morgan fingerprint density at radius 2 is 0.733 bits per heavy atom. The van der Waals surface area contributed by atoms with Crippen molar-refractivity contribution < 1.29 is 42.8 Å². The Morgan fingerprint density at radius 1 is 0.311 bits per heavy atom. The zero-order valence-corrected chi connectivity index (χ0v) is 22.4. The Balaban J connectivity index is 1.51. The summed E-state index contributed by atoms with van der Waals surface area (Å²) < 4.78 is 255. The van der Waals surface area contributed by atoms with Crippen LogP contribution >= 0.6 is 0 Å². The van der Waals surface area contributed by atoms with E-state index in [0.29, 0.717) is 0 Å². The summed E-state index contributed by atoms with van der Waals surface area (Å²) in [4.78, 5) is 0. The molecule has 0 bridgehead atoms. The highest BCUT2D eigenvalue weighted by molar-refractivity contribution is 6.25. The summed E-state index contributed by atoms with van der Waals surface area (Å²) in [6.07, 6.45) is 0. The van der Waals surface area contributed by atoms with E-state index in [9.17, 15) is 12.3 Å². The van der Waals surface area contributed by atoms with Crippen molar-refractivity contribution in [2.24, 2.45) is 0 Å². The van der Waals surface area contributed by atoms with Crippen LogP contribution in [0.15, 0.2) is 174 Å². The highest BCUT2D eigenvalue weighted by Gasteiger charge is 2.20. The second kappa shape index (κ2) is 10.4. The molecule has 45 heavy (non-hydrogen) atoms. The molecule has 0 fully saturated rings. The van der Waals surface area contributed by atoms with Gasteiger partial charge >= 0.3 is 0 Å². The summed E-state index contributed by atoms with van der Waals surface area (Å²) in [5.41, 5.74) is -7.35. The number of hydrogen-bond donors (Lipinski definition) is 0. The Hall–Kier alpha value is -5.92. The first-order valence-corrected chi connectivity index (χ1v) is 13.2. The Labute approximate surface area is 301 Å². The molecule has 0 aliphatic heterocycles. The molecule has 9 rings (SSSR count). The first kappa shape index (κ1) is 10.1. The van der Waals surface area contributed by atoms with E-state index in [1.807, 2.05) is 0 Å². The number of para-hydroxylation sites is 1. The molecule has 1 aromatic heterocycles. The largest absolute Gasteiger partial charge is 0.456 e. The lowest BCUT2D eigenvalue weighted by atomic mass is 9.84. The molecule has 1 heteroatoms. The molecular formula is C44H28O. The fourth-order valence-electron chi connectivity index (χ4n) is 5.17. The van der Waals surface area contributed by atoms with Crippen molar-refractivity contribution in [2.45, 2.75) is 0 Å². The van der Waals surface area contributed by atoms with Crippen molar-refractivity contribution in [2.75, 3.05) is 0 Å². The van der Waals surface area contributed by atoms with Gasteiger partial charge in [0, 0.05) is 10.8 Å². The van der Waals surface area contributed by atoms with Gasteiger partial charge in [-0.25, -0.2) is 0 Å². The van der Waals surface area contributed by atoms with Crippen LogP contribution < -0.4 is 0 Å². The lowest BCUT2D eigenvalue weighted by molar-refractivity contribution is 0.669. The molecule has 0 unspecified atom stereocenters. The molecule has 0 N–H and O–H groups in total. The number of furan rings is 1. The van der Waals surface area contributed by atoms with Gasteiger partial charge in [-0.1, -0.05) is 157 Å². The van der Waals surface area contributed by atoms with E-state index < -0.39 is 257 Å². The average molecular weight is 601 g/mol. The fourth-order valence-corrected chi connectivity index (χ4v) is 5.17. The molecule has 0 aliphatic rings. The maximum Gasteiger partial charge on any atom is 0.136 e. The smallest absolute Gasteiger partial charge is 0.136 e. The van der Waals surface area contributed by atoms with Crippen molar-refractivity contribution in [1.29, 1.82) is 0 Å². The van der Waals surface area contributed by atoms with Crippen LogP contribution in [-0.2, 0) is 0 Å². The van der Waals surface area contributed by atoms with Gasteiger partial charge < -0.3 is 4.42 Å². The van der Waals surface area contributed by atoms with Crippen molar-refractivity contribution in [3.63, 3.8) is 0 Å². The van der Waals surface area contributed by atoms with E-state index >= 15 is 0 Å². The van der Waals surface area contributed by atoms with Crippen molar-refractivity contribution in [3.8, 4) is 44.5 Å². The van der Waals surface area contributed by atoms with Gasteiger partial charge in [-0.15, -0.1) is 0 Å². The molecule has 0 radical (unpaired) electrons. The van der Waals surface area contributed by atoms with E-state index in [2.05, 4.69) is 0 Å². The zero-order valence-electron chi connectivity index (χ0n) is 50.4. The predicted octanol–water partition coefficient (Wildman–Crippen LogP) is 12.6. The van der Waals surface area contributed by atoms with Crippen LogP contribution in [0.3, 0.4) is 0 Å². The van der Waals surface area contributed by atoms with Gasteiger partial charge in [0.25, 0.3) is 0 Å². The minimum atomic E-state index is -1.12. The number of benzene rings is 8. The second-order valence-electron chi connectivity index (χ2n) is 9.51. The Morgan fingerprint density at radius 3 is 1.31 bits per heavy atom. The maximum atomic E-state index is 9.50. The van der Waals surface area contributed by atoms with Crippen LogP contribution in [0.4, 0.5) is 0 Å². The van der Waals surface area contributed by atoms with Crippen LogP contribution in [0.1, 0.15) is 38.4 Å². The fraction of sp³-hybridized carbons (Fsp3) is 0. The minimum absolute atomic E-state index is 0.476. The average Bonchev–Trinajstić information content (AvgIpc) is 3.76. The SMILES string of the molecule is [2H]c1c([2H])c([2H])c(-c2c([2H])c([2H])c(-c3c([2H])c([2H])c(-c4c5c([2H])c([2H])c([2H])c([2H])c5c(-c5c([2H])c([2H])c([2H])c6oc7c([2H])c([2H])c([2H])c([2H])c7c56)c5c([2H])c([2H])c([2H])c([2H])c45)c([2H])c3[2H])c([2H])c2[2H])c([2H])c1[2H]. The topological polar surface area (TPSA) is 13.1 Å². The summed E-state index contributed by atoms with van der Waals surface area (Å²) in [6, 6.07) is -26.6. The van der Waals surface area contributed by atoms with Gasteiger partial charge in [0.15, 0.2) is 0 Å². The molecule has 0 saturated carbocycles. The van der Waals surface area contributed by atoms with Crippen LogP contribution in [-0.4, -0.2) is 0 Å². The lowest BCUT2D eigenvalue weighted by Gasteiger charge is -2.18. The monoisotopic (exact) mass is 600 g/mol. The maximum absolute atomic E-state index is 9.50. The molecule has 0 saturated heterocycles. The van der Waals surface area contributed by atoms with Crippen molar-refractivity contribution >= 4 is 43.5 Å². The van der Waals surface area contributed by atoms with Crippen LogP contribution in [0.5, 0.6) is 0 Å². The summed E-state index contributed by atoms with van der Waals surface area (Å²) in [6.45, 7) is 0. The van der Waals surface area contributed by atoms with E-state index in [1.54, 1.807) is 0 Å². The summed E-state index contributed by atoms with van der Waals surface area (Å²) in [7, 11) is 0. The Bertz CT molecular complexity index is 3950. The number of fused-ring (bicyclic) bond motifs is 5. The molecule has 0 spiro atoms. The molecule has 0 atom stereocenters. The van der Waals surface area contributed by atoms with Gasteiger partial charge in [-0.2, -0.15) is 0 Å². The third-order valence-electron chi connectivity index (χ3n) is 7.07. The van der Waals surface area contributed by atoms with Crippen molar-refractivity contribution in [3.05, 3.63) is 169 Å². The molecule has 8 aromatic carbocycles. The van der Waals surface area contributed by atoms with Crippen LogP contribution in [0, 0.1) is 0 Å². The van der Waals surface area contributed by atoms with Gasteiger partial charge in [-0.3, -0.25) is 0 Å². The van der Waals surface area contributed by atoms with E-state index in [4.69, 9.17) is 30.5 Å². The van der Waals surface area contributed by atoms with E-state index in [0.717, 1.165) is 0 Å². The van der Waals surface area contributed by atoms with Gasteiger partial charge in [0.05, 0.1) is 38.4 Å². The molecule has 1 heterocycles. The standard InChI is InChI=1S/C44H28O/c1-2-11-29(12-3-1)30-21-23-31(24-22-30)32-25-27-33(28-26-32)42-34-13-4-6-15-36(34)43(37-16-7-5-14-35(37)42)39-18-10-20-41-44(39)38-17-8-9-19-40(38)45-41/h1-28H/i1D,2D,3D,4D,5D,6D,7D,8D,9D,10D,11D,12D,13D,14D,15D,16D,17D,18D,19D,20D,21D,22D,23D,24D,25D,26D,27D,28D. The normalized spacial score (nSPS) is 20.3. The van der Waals surface area contributed by atoms with Gasteiger partial charge in [0.2, 0.25) is 0 Å². The summed E-state index contributed by atoms with van der Waals surface area (Å²) in [5, 5.41) is -3.90. The van der Waals surface area contributed by atoms with Crippen LogP contribution in [0.2, 0.25) is 0 Å². The molecular weight excluding hydrogens is 544 g/mol. The highest BCUT2D eigenvalue weighted by Crippen LogP contribution is 2.46. The predicted molar refractivity (Wildman–Crippen MR) is 190 cm³/mol. The highest BCUT2D eigenvalue weighted by atomic mass is 16.3. The zero-order chi connectivity index (χ0) is 54.1. The number of hydrogen-bond acceptors (Lipinski definition) is 1. The summed E-state index contributed by atoms with van der Waals surface area (Å²) in [5.74, 6) is 0. The quantitative estimate of drug-likeness (QED) is 0.183. The molecule has 1 nitrogen and oxygen atoms in total. The Kier molecular flexibility index (Phi) is 2.32. The third-order valence-corrected chi connectivity index (χ3v) is 7.07.